The zero-order valence-electron chi connectivity index (χ0n) is 13.5. The first-order valence-electron chi connectivity index (χ1n) is 6.69. The Morgan fingerprint density at radius 1 is 0.588 bits per heavy atom. The smallest absolute Gasteiger partial charge is 0.0803 e. The Morgan fingerprint density at radius 2 is 0.765 bits per heavy atom. The SMILES string of the molecule is C[Si](C)(C)CP(=O)(C[Si](C)(C)C)C[Si](C)(C)C. The molecule has 0 saturated heterocycles. The van der Waals surface area contributed by atoms with Crippen molar-refractivity contribution < 1.29 is 4.57 Å². The van der Waals surface area contributed by atoms with Crippen LogP contribution >= 0.6 is 7.14 Å². The van der Waals surface area contributed by atoms with E-state index in [1.54, 1.807) is 0 Å². The van der Waals surface area contributed by atoms with Crippen LogP contribution in [-0.2, 0) is 4.57 Å². The summed E-state index contributed by atoms with van der Waals surface area (Å²) >= 11 is 0. The third kappa shape index (κ3) is 10.5. The minimum absolute atomic E-state index is 1.08. The highest BCUT2D eigenvalue weighted by molar-refractivity contribution is 7.71. The van der Waals surface area contributed by atoms with Crippen LogP contribution in [0.25, 0.3) is 0 Å². The lowest BCUT2D eigenvalue weighted by molar-refractivity contribution is 0.582. The summed E-state index contributed by atoms with van der Waals surface area (Å²) in [4.78, 5) is 0. The van der Waals surface area contributed by atoms with E-state index in [0.717, 1.165) is 17.4 Å². The van der Waals surface area contributed by atoms with Gasteiger partial charge in [-0.05, 0) is 17.4 Å². The van der Waals surface area contributed by atoms with E-state index in [9.17, 15) is 4.57 Å². The molecule has 0 N–H and O–H groups in total. The Labute approximate surface area is 112 Å². The fraction of sp³-hybridized carbons (Fsp3) is 1.00. The molecule has 104 valence electrons. The number of hydrogen-bond donors (Lipinski definition) is 0. The van der Waals surface area contributed by atoms with Gasteiger partial charge in [-0.2, -0.15) is 0 Å². The molecule has 0 aromatic carbocycles. The summed E-state index contributed by atoms with van der Waals surface area (Å²) in [5.41, 5.74) is 0. The van der Waals surface area contributed by atoms with Gasteiger partial charge in [0.25, 0.3) is 0 Å². The molecule has 0 aliphatic rings. The minimum atomic E-state index is -1.90. The third-order valence-corrected chi connectivity index (χ3v) is 20.6. The molecule has 0 atom stereocenters. The second kappa shape index (κ2) is 5.48. The lowest BCUT2D eigenvalue weighted by Gasteiger charge is -2.33. The topological polar surface area (TPSA) is 17.1 Å². The highest BCUT2D eigenvalue weighted by Crippen LogP contribution is 2.51. The summed E-state index contributed by atoms with van der Waals surface area (Å²) in [7, 11) is -5.53. The highest BCUT2D eigenvalue weighted by Gasteiger charge is 2.37. The fourth-order valence-electron chi connectivity index (χ4n) is 2.76. The molecule has 0 unspecified atom stereocenters. The highest BCUT2D eigenvalue weighted by atomic mass is 31.2. The molecule has 1 nitrogen and oxygen atoms in total. The van der Waals surface area contributed by atoms with Crippen LogP contribution in [0.5, 0.6) is 0 Å². The van der Waals surface area contributed by atoms with Gasteiger partial charge in [-0.3, -0.25) is 0 Å². The molecule has 0 heterocycles. The van der Waals surface area contributed by atoms with E-state index in [-0.39, 0.29) is 0 Å². The molecule has 0 bridgehead atoms. The van der Waals surface area contributed by atoms with Crippen molar-refractivity contribution in [3.05, 3.63) is 0 Å². The van der Waals surface area contributed by atoms with Gasteiger partial charge in [-0.1, -0.05) is 58.9 Å². The van der Waals surface area contributed by atoms with Crippen LogP contribution in [-0.4, -0.2) is 41.6 Å². The van der Waals surface area contributed by atoms with Crippen LogP contribution in [0.3, 0.4) is 0 Å². The largest absolute Gasteiger partial charge is 0.324 e. The predicted octanol–water partition coefficient (Wildman–Crippen LogP) is 4.98. The van der Waals surface area contributed by atoms with Crippen LogP contribution in [0, 0.1) is 0 Å². The summed E-state index contributed by atoms with van der Waals surface area (Å²) in [6.45, 7) is 21.3. The maximum atomic E-state index is 13.4. The Balaban J connectivity index is 5.03. The van der Waals surface area contributed by atoms with E-state index in [1.165, 1.54) is 0 Å². The first kappa shape index (κ1) is 17.9. The summed E-state index contributed by atoms with van der Waals surface area (Å²) in [5.74, 6) is 3.23. The quantitative estimate of drug-likeness (QED) is 0.499. The van der Waals surface area contributed by atoms with Crippen molar-refractivity contribution in [2.75, 3.05) is 17.4 Å². The lowest BCUT2D eigenvalue weighted by atomic mass is 11.7. The average molecular weight is 309 g/mol. The lowest BCUT2D eigenvalue weighted by Crippen LogP contribution is -2.38. The molecule has 0 saturated carbocycles. The van der Waals surface area contributed by atoms with E-state index in [1.807, 2.05) is 0 Å². The first-order chi connectivity index (χ1) is 7.12. The summed E-state index contributed by atoms with van der Waals surface area (Å²) in [6.07, 6.45) is 0. The van der Waals surface area contributed by atoms with E-state index in [0.29, 0.717) is 0 Å². The fourth-order valence-corrected chi connectivity index (χ4v) is 27.9. The van der Waals surface area contributed by atoms with Gasteiger partial charge in [-0.25, -0.2) is 0 Å². The van der Waals surface area contributed by atoms with Gasteiger partial charge >= 0.3 is 0 Å². The molecular formula is C12H33OPSi3. The minimum Gasteiger partial charge on any atom is -0.324 e. The second-order valence-corrected chi connectivity index (χ2v) is 30.5. The van der Waals surface area contributed by atoms with Crippen LogP contribution in [0.4, 0.5) is 0 Å². The summed E-state index contributed by atoms with van der Waals surface area (Å²) in [6, 6.07) is 0. The van der Waals surface area contributed by atoms with Gasteiger partial charge in [0.05, 0.1) is 31.4 Å². The molecule has 0 spiro atoms. The molecule has 0 aliphatic heterocycles. The Morgan fingerprint density at radius 3 is 0.882 bits per heavy atom. The maximum Gasteiger partial charge on any atom is 0.0803 e. The van der Waals surface area contributed by atoms with Crippen molar-refractivity contribution in [3.8, 4) is 0 Å². The van der Waals surface area contributed by atoms with Crippen molar-refractivity contribution in [1.82, 2.24) is 0 Å². The van der Waals surface area contributed by atoms with Crippen LogP contribution in [0.15, 0.2) is 0 Å². The molecule has 17 heavy (non-hydrogen) atoms. The Hall–Kier alpha value is 0.881. The first-order valence-corrected chi connectivity index (χ1v) is 20.1. The molecule has 0 aromatic rings. The van der Waals surface area contributed by atoms with Gasteiger partial charge < -0.3 is 4.57 Å². The summed E-state index contributed by atoms with van der Waals surface area (Å²) < 4.78 is 13.4. The monoisotopic (exact) mass is 308 g/mol. The number of rotatable bonds is 6. The zero-order valence-corrected chi connectivity index (χ0v) is 17.4. The Kier molecular flexibility index (Phi) is 5.76. The van der Waals surface area contributed by atoms with Crippen molar-refractivity contribution in [2.45, 2.75) is 58.9 Å². The average Bonchev–Trinajstić information content (AvgIpc) is 1.65. The van der Waals surface area contributed by atoms with Gasteiger partial charge in [0, 0.05) is 0 Å². The normalized spacial score (nSPS) is 15.1. The predicted molar refractivity (Wildman–Crippen MR) is 92.2 cm³/mol. The molecular weight excluding hydrogens is 275 g/mol. The standard InChI is InChI=1S/C12H33OPSi3/c1-15(2,3)10-14(13,11-16(4,5)6)12-17(7,8)9/h10-12H2,1-9H3. The maximum absolute atomic E-state index is 13.4. The Bertz CT molecular complexity index is 247. The van der Waals surface area contributed by atoms with E-state index in [4.69, 9.17) is 0 Å². The van der Waals surface area contributed by atoms with Crippen molar-refractivity contribution >= 4 is 31.4 Å². The van der Waals surface area contributed by atoms with E-state index >= 15 is 0 Å². The molecule has 0 aromatic heterocycles. The van der Waals surface area contributed by atoms with Crippen molar-refractivity contribution in [2.24, 2.45) is 0 Å². The molecule has 0 aliphatic carbocycles. The number of hydrogen-bond acceptors (Lipinski definition) is 1. The van der Waals surface area contributed by atoms with Crippen LogP contribution in [0.1, 0.15) is 0 Å². The van der Waals surface area contributed by atoms with Gasteiger partial charge in [0.15, 0.2) is 0 Å². The van der Waals surface area contributed by atoms with E-state index in [2.05, 4.69) is 58.9 Å². The van der Waals surface area contributed by atoms with Gasteiger partial charge in [0.1, 0.15) is 0 Å². The van der Waals surface area contributed by atoms with Crippen molar-refractivity contribution in [3.63, 3.8) is 0 Å². The zero-order chi connectivity index (χ0) is 14.1. The van der Waals surface area contributed by atoms with Crippen LogP contribution in [0.2, 0.25) is 58.9 Å². The van der Waals surface area contributed by atoms with Crippen LogP contribution < -0.4 is 0 Å². The molecule has 0 fully saturated rings. The molecule has 0 rings (SSSR count). The summed E-state index contributed by atoms with van der Waals surface area (Å²) in [5, 5.41) is 0. The molecule has 0 radical (unpaired) electrons. The molecule has 5 heteroatoms. The molecule has 0 amide bonds. The second-order valence-electron chi connectivity index (χ2n) is 9.21. The van der Waals surface area contributed by atoms with E-state index < -0.39 is 31.4 Å². The van der Waals surface area contributed by atoms with Crippen molar-refractivity contribution in [1.29, 1.82) is 0 Å². The van der Waals surface area contributed by atoms with Gasteiger partial charge in [-0.15, -0.1) is 0 Å². The third-order valence-electron chi connectivity index (χ3n) is 2.29. The van der Waals surface area contributed by atoms with Gasteiger partial charge in [0.2, 0.25) is 0 Å².